The lowest BCUT2D eigenvalue weighted by molar-refractivity contribution is -0.152. The predicted molar refractivity (Wildman–Crippen MR) is 136 cm³/mol. The van der Waals surface area contributed by atoms with Gasteiger partial charge in [0.05, 0.1) is 16.1 Å². The molecule has 10 heteroatoms. The molecule has 34 heavy (non-hydrogen) atoms. The van der Waals surface area contributed by atoms with Crippen LogP contribution < -0.4 is 0 Å². The number of allylic oxidation sites excluding steroid dienone is 1. The van der Waals surface area contributed by atoms with Crippen LogP contribution in [0.4, 0.5) is 4.79 Å². The number of carbonyl (C=O) groups is 2. The van der Waals surface area contributed by atoms with Crippen molar-refractivity contribution < 1.29 is 28.8 Å². The predicted octanol–water partition coefficient (Wildman–Crippen LogP) is 6.86. The van der Waals surface area contributed by atoms with Gasteiger partial charge >= 0.3 is 12.1 Å². The largest absolute Gasteiger partial charge is 0.428 e. The number of amides is 1. The van der Waals surface area contributed by atoms with Crippen molar-refractivity contribution >= 4 is 43.0 Å². The van der Waals surface area contributed by atoms with E-state index in [1.807, 2.05) is 13.8 Å². The van der Waals surface area contributed by atoms with Gasteiger partial charge in [-0.05, 0) is 62.3 Å². The molecular formula is C24H35Cl2NO6P+. The average Bonchev–Trinajstić information content (AvgIpc) is 2.78. The summed E-state index contributed by atoms with van der Waals surface area (Å²) in [5.74, 6) is 1.22. The molecular weight excluding hydrogens is 500 g/mol. The second kappa shape index (κ2) is 14.3. The van der Waals surface area contributed by atoms with E-state index in [9.17, 15) is 19.4 Å². The Morgan fingerprint density at radius 3 is 2.50 bits per heavy atom. The number of benzene rings is 1. The fourth-order valence-corrected chi connectivity index (χ4v) is 5.75. The fourth-order valence-electron chi connectivity index (χ4n) is 3.87. The molecule has 1 aliphatic carbocycles. The lowest BCUT2D eigenvalue weighted by Gasteiger charge is -2.29. The van der Waals surface area contributed by atoms with E-state index in [-0.39, 0.29) is 19.1 Å². The monoisotopic (exact) mass is 534 g/mol. The van der Waals surface area contributed by atoms with Crippen molar-refractivity contribution in [1.29, 1.82) is 0 Å². The molecule has 0 aliphatic heterocycles. The molecule has 1 atom stereocenters. The number of ether oxygens (including phenoxy) is 2. The minimum atomic E-state index is -3.20. The van der Waals surface area contributed by atoms with Gasteiger partial charge in [0.1, 0.15) is 12.0 Å². The Balaban J connectivity index is 2.05. The number of esters is 1. The van der Waals surface area contributed by atoms with E-state index in [0.717, 1.165) is 36.8 Å². The molecule has 7 nitrogen and oxygen atoms in total. The number of carbonyl (C=O) groups excluding carboxylic acids is 2. The molecule has 0 spiro atoms. The van der Waals surface area contributed by atoms with Crippen LogP contribution in [0, 0.1) is 0 Å². The Hall–Kier alpha value is -1.37. The Kier molecular flexibility index (Phi) is 12.1. The molecule has 1 amide bonds. The van der Waals surface area contributed by atoms with Crippen LogP contribution in [0.1, 0.15) is 76.8 Å². The maximum Gasteiger partial charge on any atom is 0.413 e. The third-order valence-corrected chi connectivity index (χ3v) is 8.25. The van der Waals surface area contributed by atoms with Gasteiger partial charge in [0.2, 0.25) is 6.79 Å². The van der Waals surface area contributed by atoms with E-state index in [0.29, 0.717) is 22.9 Å². The molecule has 1 aliphatic rings. The Morgan fingerprint density at radius 2 is 1.85 bits per heavy atom. The third-order valence-electron chi connectivity index (χ3n) is 5.76. The summed E-state index contributed by atoms with van der Waals surface area (Å²) in [5.41, 5.74) is 1.85. The van der Waals surface area contributed by atoms with Gasteiger partial charge in [-0.25, -0.2) is 14.6 Å². The highest BCUT2D eigenvalue weighted by atomic mass is 35.5. The quantitative estimate of drug-likeness (QED) is 0.183. The normalized spacial score (nSPS) is 14.9. The zero-order valence-corrected chi connectivity index (χ0v) is 22.2. The number of halogens is 2. The standard InChI is InChI=1S/C24H35Cl2NO6P/c1-3-8-23(28)32-17-33-24(29)27(18(2)20-11-12-21(25)22(26)15-20)13-7-14-34(30,31)16-19-9-5-4-6-10-19/h11-12,15-16,18,30-31H,3-10,13-14,17H2,1-2H3/q+1. The summed E-state index contributed by atoms with van der Waals surface area (Å²) in [6.07, 6.45) is 5.89. The summed E-state index contributed by atoms with van der Waals surface area (Å²) in [6, 6.07) is 4.66. The van der Waals surface area contributed by atoms with Crippen molar-refractivity contribution in [1.82, 2.24) is 4.90 Å². The third kappa shape index (κ3) is 9.71. The summed E-state index contributed by atoms with van der Waals surface area (Å²) in [5, 5.41) is 0.767. The minimum Gasteiger partial charge on any atom is -0.428 e. The molecule has 0 radical (unpaired) electrons. The Bertz CT molecular complexity index is 856. The maximum absolute atomic E-state index is 12.8. The first-order valence-electron chi connectivity index (χ1n) is 11.7. The average molecular weight is 535 g/mol. The van der Waals surface area contributed by atoms with E-state index in [2.05, 4.69) is 0 Å². The summed E-state index contributed by atoms with van der Waals surface area (Å²) < 4.78 is 10.1. The van der Waals surface area contributed by atoms with Gasteiger partial charge in [0.15, 0.2) is 0 Å². The molecule has 1 aromatic rings. The van der Waals surface area contributed by atoms with Crippen LogP contribution in [0.5, 0.6) is 0 Å². The van der Waals surface area contributed by atoms with Crippen molar-refractivity contribution in [2.24, 2.45) is 0 Å². The van der Waals surface area contributed by atoms with Gasteiger partial charge in [0, 0.05) is 19.4 Å². The van der Waals surface area contributed by atoms with Crippen LogP contribution in [-0.4, -0.2) is 46.2 Å². The van der Waals surface area contributed by atoms with Crippen LogP contribution in [0.3, 0.4) is 0 Å². The topological polar surface area (TPSA) is 96.3 Å². The van der Waals surface area contributed by atoms with E-state index in [1.165, 1.54) is 11.3 Å². The molecule has 190 valence electrons. The van der Waals surface area contributed by atoms with Crippen molar-refractivity contribution in [3.63, 3.8) is 0 Å². The van der Waals surface area contributed by atoms with Gasteiger partial charge in [-0.15, -0.1) is 0 Å². The van der Waals surface area contributed by atoms with Crippen LogP contribution in [0.25, 0.3) is 0 Å². The fraction of sp³-hybridized carbons (Fsp3) is 0.583. The second-order valence-corrected chi connectivity index (χ2v) is 11.6. The smallest absolute Gasteiger partial charge is 0.413 e. The second-order valence-electron chi connectivity index (χ2n) is 8.55. The highest BCUT2D eigenvalue weighted by molar-refractivity contribution is 7.67. The molecule has 1 fully saturated rings. The summed E-state index contributed by atoms with van der Waals surface area (Å²) >= 11 is 12.2. The van der Waals surface area contributed by atoms with E-state index >= 15 is 0 Å². The highest BCUT2D eigenvalue weighted by Gasteiger charge is 2.32. The van der Waals surface area contributed by atoms with Crippen LogP contribution in [0.2, 0.25) is 10.0 Å². The number of hydrogen-bond donors (Lipinski definition) is 2. The molecule has 1 aromatic carbocycles. The van der Waals surface area contributed by atoms with Gasteiger partial charge < -0.3 is 14.4 Å². The first-order chi connectivity index (χ1) is 16.1. The summed E-state index contributed by atoms with van der Waals surface area (Å²) in [6.45, 7) is 3.40. The molecule has 2 rings (SSSR count). The first-order valence-corrected chi connectivity index (χ1v) is 14.4. The van der Waals surface area contributed by atoms with E-state index < -0.39 is 32.6 Å². The molecule has 2 N–H and O–H groups in total. The van der Waals surface area contributed by atoms with Crippen molar-refractivity contribution in [3.8, 4) is 0 Å². The Labute approximate surface area is 212 Å². The molecule has 0 saturated heterocycles. The van der Waals surface area contributed by atoms with Gasteiger partial charge in [-0.3, -0.25) is 4.79 Å². The van der Waals surface area contributed by atoms with Crippen LogP contribution >= 0.6 is 30.9 Å². The maximum atomic E-state index is 12.8. The van der Waals surface area contributed by atoms with Crippen LogP contribution in [-0.2, 0) is 14.3 Å². The lowest BCUT2D eigenvalue weighted by Crippen LogP contribution is -2.36. The summed E-state index contributed by atoms with van der Waals surface area (Å²) in [4.78, 5) is 47.0. The molecule has 0 bridgehead atoms. The van der Waals surface area contributed by atoms with Gasteiger partial charge in [-0.1, -0.05) is 42.6 Å². The van der Waals surface area contributed by atoms with Crippen LogP contribution in [0.15, 0.2) is 29.6 Å². The van der Waals surface area contributed by atoms with Crippen molar-refractivity contribution in [3.05, 3.63) is 45.2 Å². The number of rotatable bonds is 11. The summed E-state index contributed by atoms with van der Waals surface area (Å²) in [7, 11) is -3.20. The lowest BCUT2D eigenvalue weighted by atomic mass is 9.96. The molecule has 0 heterocycles. The first kappa shape index (κ1) is 28.9. The van der Waals surface area contributed by atoms with E-state index in [1.54, 1.807) is 24.0 Å². The SMILES string of the molecule is CCCC(=O)OCOC(=O)N(CCC[P+](O)(O)C=C1CCCCC1)C(C)c1ccc(Cl)c(Cl)c1. The number of nitrogens with zero attached hydrogens (tertiary/aromatic N) is 1. The molecule has 1 unspecified atom stereocenters. The minimum absolute atomic E-state index is 0.167. The molecule has 1 saturated carbocycles. The zero-order valence-electron chi connectivity index (χ0n) is 19.8. The van der Waals surface area contributed by atoms with Gasteiger partial charge in [-0.2, -0.15) is 0 Å². The molecule has 0 aromatic heterocycles. The van der Waals surface area contributed by atoms with E-state index in [4.69, 9.17) is 32.7 Å². The van der Waals surface area contributed by atoms with Crippen molar-refractivity contribution in [2.75, 3.05) is 19.5 Å². The Morgan fingerprint density at radius 1 is 1.15 bits per heavy atom. The number of hydrogen-bond acceptors (Lipinski definition) is 6. The zero-order chi connectivity index (χ0) is 25.1. The van der Waals surface area contributed by atoms with Crippen molar-refractivity contribution in [2.45, 2.75) is 71.3 Å². The highest BCUT2D eigenvalue weighted by Crippen LogP contribution is 2.54. The van der Waals surface area contributed by atoms with Gasteiger partial charge in [0.25, 0.3) is 7.72 Å².